The Balaban J connectivity index is 2.65. The molecule has 1 saturated carbocycles. The highest BCUT2D eigenvalue weighted by Gasteiger charge is 2.35. The summed E-state index contributed by atoms with van der Waals surface area (Å²) in [6.07, 6.45) is 8.07. The number of nitrogens with two attached hydrogens (primary N) is 1. The number of carbonyl (C=O) groups is 1. The molecule has 1 aliphatic carbocycles. The molecule has 0 unspecified atom stereocenters. The SMILES string of the molecule is CCCNC(=O)NC1(C(=N)N)CCCCCCC1. The zero-order chi connectivity index (χ0) is 13.4. The van der Waals surface area contributed by atoms with Crippen LogP contribution in [-0.4, -0.2) is 24.0 Å². The van der Waals surface area contributed by atoms with Gasteiger partial charge >= 0.3 is 6.03 Å². The van der Waals surface area contributed by atoms with Gasteiger partial charge in [0.25, 0.3) is 0 Å². The second-order valence-electron chi connectivity index (χ2n) is 5.14. The Labute approximate surface area is 109 Å². The molecule has 0 saturated heterocycles. The smallest absolute Gasteiger partial charge is 0.315 e. The first kappa shape index (κ1) is 14.8. The summed E-state index contributed by atoms with van der Waals surface area (Å²) in [7, 11) is 0. The molecule has 0 aliphatic heterocycles. The molecule has 0 aromatic carbocycles. The average molecular weight is 254 g/mol. The van der Waals surface area contributed by atoms with E-state index in [2.05, 4.69) is 10.6 Å². The first-order chi connectivity index (χ1) is 8.60. The van der Waals surface area contributed by atoms with Crippen molar-refractivity contribution in [3.05, 3.63) is 0 Å². The third-order valence-corrected chi connectivity index (χ3v) is 3.61. The van der Waals surface area contributed by atoms with Crippen molar-refractivity contribution in [2.75, 3.05) is 6.54 Å². The van der Waals surface area contributed by atoms with Crippen molar-refractivity contribution in [2.24, 2.45) is 5.73 Å². The predicted molar refractivity (Wildman–Crippen MR) is 73.8 cm³/mol. The Hall–Kier alpha value is -1.26. The lowest BCUT2D eigenvalue weighted by Crippen LogP contribution is -2.59. The Morgan fingerprint density at radius 1 is 1.22 bits per heavy atom. The summed E-state index contributed by atoms with van der Waals surface area (Å²) < 4.78 is 0. The summed E-state index contributed by atoms with van der Waals surface area (Å²) in [6, 6.07) is -0.201. The van der Waals surface area contributed by atoms with Crippen LogP contribution < -0.4 is 16.4 Å². The highest BCUT2D eigenvalue weighted by Crippen LogP contribution is 2.26. The van der Waals surface area contributed by atoms with Crippen LogP contribution >= 0.6 is 0 Å². The number of amides is 2. The molecule has 2 amide bonds. The predicted octanol–water partition coefficient (Wildman–Crippen LogP) is 2.11. The van der Waals surface area contributed by atoms with Gasteiger partial charge in [-0.15, -0.1) is 0 Å². The van der Waals surface area contributed by atoms with E-state index in [1.165, 1.54) is 6.42 Å². The van der Waals surface area contributed by atoms with Crippen LogP contribution in [0.25, 0.3) is 0 Å². The van der Waals surface area contributed by atoms with Gasteiger partial charge in [-0.1, -0.05) is 39.0 Å². The van der Waals surface area contributed by atoms with Gasteiger partial charge in [0.1, 0.15) is 5.84 Å². The fourth-order valence-corrected chi connectivity index (χ4v) is 2.47. The van der Waals surface area contributed by atoms with Gasteiger partial charge in [-0.25, -0.2) is 4.79 Å². The maximum Gasteiger partial charge on any atom is 0.315 e. The fraction of sp³-hybridized carbons (Fsp3) is 0.846. The molecular weight excluding hydrogens is 228 g/mol. The van der Waals surface area contributed by atoms with Crippen molar-refractivity contribution >= 4 is 11.9 Å². The van der Waals surface area contributed by atoms with E-state index in [1.54, 1.807) is 0 Å². The minimum atomic E-state index is -0.627. The minimum Gasteiger partial charge on any atom is -0.386 e. The van der Waals surface area contributed by atoms with Gasteiger partial charge in [0.2, 0.25) is 0 Å². The second-order valence-corrected chi connectivity index (χ2v) is 5.14. The number of urea groups is 1. The van der Waals surface area contributed by atoms with Gasteiger partial charge in [0.05, 0.1) is 5.54 Å². The third-order valence-electron chi connectivity index (χ3n) is 3.61. The van der Waals surface area contributed by atoms with E-state index in [1.807, 2.05) is 6.92 Å². The molecule has 0 aromatic rings. The quantitative estimate of drug-likeness (QED) is 0.457. The van der Waals surface area contributed by atoms with E-state index in [9.17, 15) is 4.79 Å². The number of carbonyl (C=O) groups excluding carboxylic acids is 1. The average Bonchev–Trinajstić information content (AvgIpc) is 2.29. The van der Waals surface area contributed by atoms with Gasteiger partial charge in [-0.05, 0) is 19.3 Å². The summed E-state index contributed by atoms with van der Waals surface area (Å²) in [5.74, 6) is 0.0936. The lowest BCUT2D eigenvalue weighted by atomic mass is 9.83. The molecule has 104 valence electrons. The molecule has 18 heavy (non-hydrogen) atoms. The minimum absolute atomic E-state index is 0.0936. The molecule has 1 rings (SSSR count). The Kier molecular flexibility index (Phi) is 5.95. The van der Waals surface area contributed by atoms with Crippen LogP contribution in [-0.2, 0) is 0 Å². The molecule has 0 bridgehead atoms. The molecule has 5 nitrogen and oxygen atoms in total. The summed E-state index contributed by atoms with van der Waals surface area (Å²) in [6.45, 7) is 2.66. The van der Waals surface area contributed by atoms with E-state index >= 15 is 0 Å². The fourth-order valence-electron chi connectivity index (χ4n) is 2.47. The van der Waals surface area contributed by atoms with Crippen LogP contribution in [0.2, 0.25) is 0 Å². The molecule has 0 heterocycles. The zero-order valence-electron chi connectivity index (χ0n) is 11.3. The number of rotatable bonds is 4. The summed E-state index contributed by atoms with van der Waals surface area (Å²) in [5, 5.41) is 13.5. The lowest BCUT2D eigenvalue weighted by Gasteiger charge is -2.35. The summed E-state index contributed by atoms with van der Waals surface area (Å²) in [5.41, 5.74) is 5.11. The van der Waals surface area contributed by atoms with E-state index in [0.29, 0.717) is 6.54 Å². The molecule has 0 aromatic heterocycles. The van der Waals surface area contributed by atoms with Gasteiger partial charge in [-0.2, -0.15) is 0 Å². The molecule has 1 aliphatic rings. The van der Waals surface area contributed by atoms with Crippen LogP contribution in [0.3, 0.4) is 0 Å². The normalized spacial score (nSPS) is 19.4. The third kappa shape index (κ3) is 4.20. The molecular formula is C13H26N4O. The maximum atomic E-state index is 11.8. The Bertz CT molecular complexity index is 283. The monoisotopic (exact) mass is 254 g/mol. The molecule has 1 fully saturated rings. The van der Waals surface area contributed by atoms with Crippen molar-refractivity contribution in [3.63, 3.8) is 0 Å². The first-order valence-electron chi connectivity index (χ1n) is 7.01. The number of nitrogens with one attached hydrogen (secondary N) is 3. The summed E-state index contributed by atoms with van der Waals surface area (Å²) >= 11 is 0. The van der Waals surface area contributed by atoms with Crippen LogP contribution in [0.15, 0.2) is 0 Å². The largest absolute Gasteiger partial charge is 0.386 e. The summed E-state index contributed by atoms with van der Waals surface area (Å²) in [4.78, 5) is 11.8. The van der Waals surface area contributed by atoms with E-state index in [-0.39, 0.29) is 11.9 Å². The molecule has 0 radical (unpaired) electrons. The van der Waals surface area contributed by atoms with Crippen molar-refractivity contribution in [2.45, 2.75) is 63.8 Å². The topological polar surface area (TPSA) is 91.0 Å². The van der Waals surface area contributed by atoms with Gasteiger partial charge in [0, 0.05) is 6.54 Å². The van der Waals surface area contributed by atoms with Crippen molar-refractivity contribution in [3.8, 4) is 0 Å². The van der Waals surface area contributed by atoms with Crippen LogP contribution in [0.4, 0.5) is 4.79 Å². The van der Waals surface area contributed by atoms with Gasteiger partial charge in [0.15, 0.2) is 0 Å². The van der Waals surface area contributed by atoms with Crippen molar-refractivity contribution in [1.82, 2.24) is 10.6 Å². The van der Waals surface area contributed by atoms with Crippen molar-refractivity contribution in [1.29, 1.82) is 5.41 Å². The van der Waals surface area contributed by atoms with E-state index in [4.69, 9.17) is 11.1 Å². The standard InChI is InChI=1S/C13H26N4O/c1-2-10-16-12(18)17-13(11(14)15)8-6-4-3-5-7-9-13/h2-10H2,1H3,(H3,14,15)(H2,16,17,18). The molecule has 0 atom stereocenters. The Morgan fingerprint density at radius 3 is 2.28 bits per heavy atom. The highest BCUT2D eigenvalue weighted by molar-refractivity contribution is 5.91. The first-order valence-corrected chi connectivity index (χ1v) is 7.01. The zero-order valence-corrected chi connectivity index (χ0v) is 11.3. The second kappa shape index (κ2) is 7.24. The highest BCUT2D eigenvalue weighted by atomic mass is 16.2. The number of hydrogen-bond donors (Lipinski definition) is 4. The van der Waals surface area contributed by atoms with Gasteiger partial charge < -0.3 is 16.4 Å². The number of amidine groups is 1. The van der Waals surface area contributed by atoms with Crippen LogP contribution in [0.1, 0.15) is 58.3 Å². The molecule has 5 heteroatoms. The van der Waals surface area contributed by atoms with Crippen molar-refractivity contribution < 1.29 is 4.79 Å². The van der Waals surface area contributed by atoms with E-state index in [0.717, 1.165) is 44.9 Å². The Morgan fingerprint density at radius 2 is 1.78 bits per heavy atom. The maximum absolute atomic E-state index is 11.8. The van der Waals surface area contributed by atoms with Crippen LogP contribution in [0, 0.1) is 5.41 Å². The number of hydrogen-bond acceptors (Lipinski definition) is 2. The van der Waals surface area contributed by atoms with Gasteiger partial charge in [-0.3, -0.25) is 5.41 Å². The molecule has 0 spiro atoms. The van der Waals surface area contributed by atoms with Crippen LogP contribution in [0.5, 0.6) is 0 Å². The lowest BCUT2D eigenvalue weighted by molar-refractivity contribution is 0.227. The van der Waals surface area contributed by atoms with E-state index < -0.39 is 5.54 Å². The molecule has 5 N–H and O–H groups in total.